The molecular weight excluding hydrogens is 529 g/mol. The average molecular weight is 564 g/mol. The Kier molecular flexibility index (Phi) is 10.6. The number of rotatable bonds is 6. The van der Waals surface area contributed by atoms with Gasteiger partial charge in [0.25, 0.3) is 0 Å². The lowest BCUT2D eigenvalue weighted by Gasteiger charge is -2.39. The van der Waals surface area contributed by atoms with Gasteiger partial charge >= 0.3 is 0 Å². The van der Waals surface area contributed by atoms with Crippen LogP contribution in [0.2, 0.25) is 5.02 Å². The van der Waals surface area contributed by atoms with Gasteiger partial charge in [0.1, 0.15) is 5.75 Å². The molecular formula is C22H35ClIN5O2. The summed E-state index contributed by atoms with van der Waals surface area (Å²) in [5, 5.41) is 4.17. The molecule has 1 unspecified atom stereocenters. The van der Waals surface area contributed by atoms with Crippen LogP contribution in [0.25, 0.3) is 0 Å². The molecule has 0 spiro atoms. The monoisotopic (exact) mass is 563 g/mol. The molecule has 31 heavy (non-hydrogen) atoms. The molecule has 0 aliphatic carbocycles. The predicted molar refractivity (Wildman–Crippen MR) is 137 cm³/mol. The molecule has 1 aromatic carbocycles. The van der Waals surface area contributed by atoms with E-state index in [1.807, 2.05) is 37.1 Å². The van der Waals surface area contributed by atoms with Crippen LogP contribution in [0.1, 0.15) is 25.3 Å². The maximum absolute atomic E-state index is 12.7. The van der Waals surface area contributed by atoms with Crippen molar-refractivity contribution in [1.29, 1.82) is 0 Å². The number of hydrogen-bond donors (Lipinski definition) is 1. The molecule has 0 bridgehead atoms. The van der Waals surface area contributed by atoms with Gasteiger partial charge in [0, 0.05) is 57.9 Å². The van der Waals surface area contributed by atoms with E-state index < -0.39 is 0 Å². The summed E-state index contributed by atoms with van der Waals surface area (Å²) in [5.41, 5.74) is 1.08. The molecule has 2 saturated heterocycles. The molecule has 1 atom stereocenters. The summed E-state index contributed by atoms with van der Waals surface area (Å²) in [6.45, 7) is 8.08. The number of amides is 1. The SMILES string of the molecule is CN=C(NCCc1ccc(OC)cc1Cl)N1CCN(C(C)C(=O)N2CCCC2)CC1.I. The molecule has 3 rings (SSSR count). The van der Waals surface area contributed by atoms with Gasteiger partial charge in [-0.3, -0.25) is 14.7 Å². The Hall–Kier alpha value is -1.26. The van der Waals surface area contributed by atoms with E-state index in [-0.39, 0.29) is 35.9 Å². The highest BCUT2D eigenvalue weighted by Crippen LogP contribution is 2.22. The van der Waals surface area contributed by atoms with Crippen LogP contribution in [0.5, 0.6) is 5.75 Å². The van der Waals surface area contributed by atoms with E-state index in [1.165, 1.54) is 0 Å². The number of nitrogens with one attached hydrogen (secondary N) is 1. The smallest absolute Gasteiger partial charge is 0.239 e. The minimum atomic E-state index is -0.0440. The third-order valence-corrected chi connectivity index (χ3v) is 6.44. The second kappa shape index (κ2) is 12.7. The zero-order chi connectivity index (χ0) is 21.5. The second-order valence-electron chi connectivity index (χ2n) is 7.91. The molecule has 2 aliphatic rings. The molecule has 1 amide bonds. The van der Waals surface area contributed by atoms with Crippen molar-refractivity contribution in [2.24, 2.45) is 4.99 Å². The first-order valence-electron chi connectivity index (χ1n) is 10.8. The lowest BCUT2D eigenvalue weighted by molar-refractivity contribution is -0.135. The van der Waals surface area contributed by atoms with Crippen molar-refractivity contribution in [3.05, 3.63) is 28.8 Å². The second-order valence-corrected chi connectivity index (χ2v) is 8.32. The third-order valence-electron chi connectivity index (χ3n) is 6.09. The van der Waals surface area contributed by atoms with Gasteiger partial charge in [0.15, 0.2) is 5.96 Å². The standard InChI is InChI=1S/C22H34ClN5O2.HI/c1-17(21(29)27-10-4-5-11-27)26-12-14-28(15-13-26)22(24-2)25-9-8-18-6-7-19(30-3)16-20(18)23;/h6-7,16-17H,4-5,8-15H2,1-3H3,(H,24,25);1H. The molecule has 0 aromatic heterocycles. The van der Waals surface area contributed by atoms with Crippen molar-refractivity contribution in [3.63, 3.8) is 0 Å². The van der Waals surface area contributed by atoms with E-state index in [1.54, 1.807) is 7.11 Å². The molecule has 2 aliphatic heterocycles. The third kappa shape index (κ3) is 6.86. The first-order valence-corrected chi connectivity index (χ1v) is 11.2. The molecule has 2 heterocycles. The Morgan fingerprint density at radius 3 is 2.42 bits per heavy atom. The zero-order valence-electron chi connectivity index (χ0n) is 18.8. The number of carbonyl (C=O) groups excluding carboxylic acids is 1. The van der Waals surface area contributed by atoms with Gasteiger partial charge in [0.05, 0.1) is 13.2 Å². The molecule has 174 valence electrons. The van der Waals surface area contributed by atoms with E-state index in [0.29, 0.717) is 0 Å². The average Bonchev–Trinajstić information content (AvgIpc) is 3.32. The number of nitrogens with zero attached hydrogens (tertiary/aromatic N) is 4. The lowest BCUT2D eigenvalue weighted by atomic mass is 10.1. The van der Waals surface area contributed by atoms with E-state index in [2.05, 4.69) is 20.1 Å². The van der Waals surface area contributed by atoms with Crippen LogP contribution in [-0.4, -0.2) is 92.6 Å². The molecule has 9 heteroatoms. The quantitative estimate of drug-likeness (QED) is 0.328. The van der Waals surface area contributed by atoms with Gasteiger partial charge in [-0.25, -0.2) is 0 Å². The van der Waals surface area contributed by atoms with Gasteiger partial charge < -0.3 is 19.9 Å². The number of guanidine groups is 1. The summed E-state index contributed by atoms with van der Waals surface area (Å²) in [6.07, 6.45) is 3.08. The fourth-order valence-corrected chi connectivity index (χ4v) is 4.44. The Balaban J connectivity index is 0.00000341. The molecule has 0 radical (unpaired) electrons. The molecule has 1 aromatic rings. The number of ether oxygens (including phenoxy) is 1. The summed E-state index contributed by atoms with van der Waals surface area (Å²) in [7, 11) is 3.45. The van der Waals surface area contributed by atoms with Gasteiger partial charge in [-0.2, -0.15) is 0 Å². The maximum Gasteiger partial charge on any atom is 0.239 e. The number of aliphatic imine (C=N–C) groups is 1. The van der Waals surface area contributed by atoms with Crippen LogP contribution in [0, 0.1) is 0 Å². The van der Waals surface area contributed by atoms with E-state index in [9.17, 15) is 4.79 Å². The zero-order valence-corrected chi connectivity index (χ0v) is 21.9. The van der Waals surface area contributed by atoms with E-state index in [4.69, 9.17) is 16.3 Å². The summed E-state index contributed by atoms with van der Waals surface area (Å²) >= 11 is 6.34. The van der Waals surface area contributed by atoms with Crippen LogP contribution in [0.15, 0.2) is 23.2 Å². The van der Waals surface area contributed by atoms with E-state index in [0.717, 1.165) is 87.4 Å². The maximum atomic E-state index is 12.7. The number of hydrogen-bond acceptors (Lipinski definition) is 4. The summed E-state index contributed by atoms with van der Waals surface area (Å²) < 4.78 is 5.20. The predicted octanol–water partition coefficient (Wildman–Crippen LogP) is 2.71. The van der Waals surface area contributed by atoms with Crippen LogP contribution < -0.4 is 10.1 Å². The fraction of sp³-hybridized carbons (Fsp3) is 0.636. The van der Waals surface area contributed by atoms with Gasteiger partial charge in [-0.05, 0) is 43.9 Å². The summed E-state index contributed by atoms with van der Waals surface area (Å²) in [4.78, 5) is 23.7. The van der Waals surface area contributed by atoms with Crippen molar-refractivity contribution >= 4 is 47.4 Å². The minimum Gasteiger partial charge on any atom is -0.497 e. The van der Waals surface area contributed by atoms with Crippen LogP contribution in [-0.2, 0) is 11.2 Å². The van der Waals surface area contributed by atoms with Gasteiger partial charge in [-0.15, -0.1) is 24.0 Å². The summed E-state index contributed by atoms with van der Waals surface area (Å²) in [5.74, 6) is 1.94. The highest BCUT2D eigenvalue weighted by Gasteiger charge is 2.30. The number of methoxy groups -OCH3 is 1. The van der Waals surface area contributed by atoms with Gasteiger partial charge in [-0.1, -0.05) is 17.7 Å². The normalized spacial score (nSPS) is 18.5. The Labute approximate surface area is 208 Å². The van der Waals surface area contributed by atoms with Crippen molar-refractivity contribution < 1.29 is 9.53 Å². The molecule has 2 fully saturated rings. The number of halogens is 2. The van der Waals surface area contributed by atoms with Crippen molar-refractivity contribution in [3.8, 4) is 5.75 Å². The van der Waals surface area contributed by atoms with Crippen molar-refractivity contribution in [2.75, 3.05) is 60.0 Å². The number of likely N-dealkylation sites (tertiary alicyclic amines) is 1. The van der Waals surface area contributed by atoms with Crippen molar-refractivity contribution in [2.45, 2.75) is 32.2 Å². The van der Waals surface area contributed by atoms with Crippen LogP contribution in [0.4, 0.5) is 0 Å². The number of piperazine rings is 1. The van der Waals surface area contributed by atoms with E-state index >= 15 is 0 Å². The highest BCUT2D eigenvalue weighted by molar-refractivity contribution is 14.0. The van der Waals surface area contributed by atoms with Crippen LogP contribution in [0.3, 0.4) is 0 Å². The number of carbonyl (C=O) groups is 1. The largest absolute Gasteiger partial charge is 0.497 e. The topological polar surface area (TPSA) is 60.4 Å². The molecule has 7 nitrogen and oxygen atoms in total. The molecule has 0 saturated carbocycles. The fourth-order valence-electron chi connectivity index (χ4n) is 4.18. The Morgan fingerprint density at radius 2 is 1.84 bits per heavy atom. The van der Waals surface area contributed by atoms with Crippen molar-refractivity contribution in [1.82, 2.24) is 20.0 Å². The first-order chi connectivity index (χ1) is 14.5. The lowest BCUT2D eigenvalue weighted by Crippen LogP contribution is -2.57. The minimum absolute atomic E-state index is 0. The summed E-state index contributed by atoms with van der Waals surface area (Å²) in [6, 6.07) is 5.73. The van der Waals surface area contributed by atoms with Crippen LogP contribution >= 0.6 is 35.6 Å². The Morgan fingerprint density at radius 1 is 1.16 bits per heavy atom. The number of benzene rings is 1. The first kappa shape index (κ1) is 26.0. The van der Waals surface area contributed by atoms with Gasteiger partial charge in [0.2, 0.25) is 5.91 Å². The molecule has 1 N–H and O–H groups in total. The Bertz CT molecular complexity index is 749. The highest BCUT2D eigenvalue weighted by atomic mass is 127.